The fourth-order valence-corrected chi connectivity index (χ4v) is 2.97. The Morgan fingerprint density at radius 2 is 1.93 bits per heavy atom. The molecule has 0 aliphatic carbocycles. The molecule has 150 valence electrons. The van der Waals surface area contributed by atoms with Gasteiger partial charge in [-0.1, -0.05) is 13.8 Å². The summed E-state index contributed by atoms with van der Waals surface area (Å²) in [5.74, 6) is 0.926. The van der Waals surface area contributed by atoms with Gasteiger partial charge in [-0.2, -0.15) is 4.98 Å². The Kier molecular flexibility index (Phi) is 7.38. The van der Waals surface area contributed by atoms with Gasteiger partial charge in [-0.15, -0.1) is 0 Å². The van der Waals surface area contributed by atoms with Gasteiger partial charge in [-0.05, 0) is 40.6 Å². The molecule has 2 aromatic rings. The van der Waals surface area contributed by atoms with Crippen molar-refractivity contribution in [2.75, 3.05) is 18.2 Å². The van der Waals surface area contributed by atoms with Crippen LogP contribution < -0.4 is 26.3 Å². The lowest BCUT2D eigenvalue weighted by atomic mass is 10.0. The van der Waals surface area contributed by atoms with E-state index in [-0.39, 0.29) is 36.3 Å². The molecule has 0 radical (unpaired) electrons. The van der Waals surface area contributed by atoms with Crippen LogP contribution in [-0.4, -0.2) is 28.9 Å². The van der Waals surface area contributed by atoms with Gasteiger partial charge in [0, 0.05) is 18.4 Å². The van der Waals surface area contributed by atoms with Crippen molar-refractivity contribution < 1.29 is 19.1 Å². The molecule has 1 aromatic carbocycles. The normalized spacial score (nSPS) is 10.6. The van der Waals surface area contributed by atoms with Crippen molar-refractivity contribution in [1.82, 2.24) is 9.97 Å². The zero-order valence-electron chi connectivity index (χ0n) is 15.8. The number of carbonyl (C=O) groups is 2. The quantitative estimate of drug-likeness (QED) is 0.474. The van der Waals surface area contributed by atoms with Crippen molar-refractivity contribution >= 4 is 46.2 Å². The number of benzene rings is 1. The molecule has 0 fully saturated rings. The van der Waals surface area contributed by atoms with E-state index >= 15 is 0 Å². The lowest BCUT2D eigenvalue weighted by Gasteiger charge is -2.17. The summed E-state index contributed by atoms with van der Waals surface area (Å²) >= 11 is 2.16. The number of nitrogens with one attached hydrogen (secondary N) is 1. The third-order valence-corrected chi connectivity index (χ3v) is 4.60. The van der Waals surface area contributed by atoms with Crippen molar-refractivity contribution in [1.29, 1.82) is 0 Å². The molecule has 2 amide bonds. The Bertz CT molecular complexity index is 889. The number of carbonyl (C=O) groups excluding carboxylic acids is 2. The van der Waals surface area contributed by atoms with Crippen LogP contribution in [0.15, 0.2) is 18.3 Å². The minimum atomic E-state index is -0.561. The fourth-order valence-electron chi connectivity index (χ4n) is 2.31. The molecule has 0 aliphatic rings. The average molecular weight is 499 g/mol. The Labute approximate surface area is 176 Å². The Morgan fingerprint density at radius 1 is 1.21 bits per heavy atom. The molecule has 0 atom stereocenters. The maximum atomic E-state index is 11.7. The highest BCUT2D eigenvalue weighted by molar-refractivity contribution is 14.1. The summed E-state index contributed by atoms with van der Waals surface area (Å²) < 4.78 is 12.2. The van der Waals surface area contributed by atoms with Crippen LogP contribution in [0.3, 0.4) is 0 Å². The van der Waals surface area contributed by atoms with Gasteiger partial charge in [0.05, 0.1) is 16.9 Å². The topological polar surface area (TPSA) is 142 Å². The van der Waals surface area contributed by atoms with Crippen molar-refractivity contribution in [3.8, 4) is 17.2 Å². The first-order valence-corrected chi connectivity index (χ1v) is 9.55. The summed E-state index contributed by atoms with van der Waals surface area (Å²) in [5.41, 5.74) is 11.9. The Balaban J connectivity index is 2.20. The highest BCUT2D eigenvalue weighted by Crippen LogP contribution is 2.37. The van der Waals surface area contributed by atoms with E-state index in [1.54, 1.807) is 7.11 Å². The van der Waals surface area contributed by atoms with E-state index in [4.69, 9.17) is 20.9 Å². The summed E-state index contributed by atoms with van der Waals surface area (Å²) in [5, 5.41) is 2.46. The molecule has 0 aliphatic heterocycles. The molecule has 0 unspecified atom stereocenters. The number of anilines is 2. The van der Waals surface area contributed by atoms with Crippen LogP contribution in [0.1, 0.15) is 38.2 Å². The number of methoxy groups -OCH3 is 1. The molecule has 9 nitrogen and oxygen atoms in total. The van der Waals surface area contributed by atoms with Gasteiger partial charge in [0.25, 0.3) is 0 Å². The molecule has 1 heterocycles. The molecule has 5 N–H and O–H groups in total. The smallest absolute Gasteiger partial charge is 0.231 e. The number of rotatable bonds is 8. The highest BCUT2D eigenvalue weighted by atomic mass is 127. The zero-order chi connectivity index (χ0) is 20.8. The second-order valence-electron chi connectivity index (χ2n) is 6.24. The molecule has 10 heteroatoms. The zero-order valence-corrected chi connectivity index (χ0v) is 17.9. The maximum Gasteiger partial charge on any atom is 0.231 e. The third kappa shape index (κ3) is 5.68. The van der Waals surface area contributed by atoms with Crippen LogP contribution in [0.5, 0.6) is 17.2 Å². The van der Waals surface area contributed by atoms with Crippen LogP contribution in [-0.2, 0) is 9.59 Å². The number of hydrogen-bond donors (Lipinski definition) is 3. The van der Waals surface area contributed by atoms with Crippen molar-refractivity contribution in [3.05, 3.63) is 27.5 Å². The lowest BCUT2D eigenvalue weighted by molar-refractivity contribution is -0.122. The molecular weight excluding hydrogens is 477 g/mol. The van der Waals surface area contributed by atoms with Gasteiger partial charge >= 0.3 is 0 Å². The molecular formula is C18H22IN5O4. The summed E-state index contributed by atoms with van der Waals surface area (Å²) in [7, 11) is 1.62. The van der Waals surface area contributed by atoms with Gasteiger partial charge in [0.1, 0.15) is 11.5 Å². The number of ether oxygens (including phenoxy) is 2. The number of aromatic nitrogens is 2. The minimum Gasteiger partial charge on any atom is -0.496 e. The number of primary amides is 1. The molecule has 0 saturated carbocycles. The van der Waals surface area contributed by atoms with Crippen LogP contribution >= 0.6 is 22.6 Å². The Hall–Kier alpha value is -2.63. The number of hydrogen-bond acceptors (Lipinski definition) is 7. The Morgan fingerprint density at radius 3 is 2.50 bits per heavy atom. The van der Waals surface area contributed by atoms with Gasteiger partial charge in [-0.3, -0.25) is 14.9 Å². The van der Waals surface area contributed by atoms with Crippen molar-refractivity contribution in [2.24, 2.45) is 5.73 Å². The number of nitrogen functional groups attached to an aromatic ring is 1. The second kappa shape index (κ2) is 9.53. The highest BCUT2D eigenvalue weighted by Gasteiger charge is 2.16. The predicted octanol–water partition coefficient (Wildman–Crippen LogP) is 2.79. The first kappa shape index (κ1) is 21.7. The molecule has 1 aromatic heterocycles. The van der Waals surface area contributed by atoms with Crippen molar-refractivity contribution in [3.63, 3.8) is 0 Å². The fraction of sp³-hybridized carbons (Fsp3) is 0.333. The molecule has 28 heavy (non-hydrogen) atoms. The van der Waals surface area contributed by atoms with E-state index in [1.165, 1.54) is 6.20 Å². The SMILES string of the molecule is COc1cc(C(C)C)c(Oc2cnc(NC(=O)CCC(N)=O)nc2N)cc1I. The van der Waals surface area contributed by atoms with Gasteiger partial charge in [0.2, 0.25) is 17.8 Å². The lowest BCUT2D eigenvalue weighted by Crippen LogP contribution is -2.18. The van der Waals surface area contributed by atoms with E-state index in [9.17, 15) is 9.59 Å². The van der Waals surface area contributed by atoms with Gasteiger partial charge < -0.3 is 20.9 Å². The van der Waals surface area contributed by atoms with Crippen LogP contribution in [0.25, 0.3) is 0 Å². The summed E-state index contributed by atoms with van der Waals surface area (Å²) in [4.78, 5) is 30.5. The van der Waals surface area contributed by atoms with Gasteiger partial charge in [0.15, 0.2) is 11.6 Å². The van der Waals surface area contributed by atoms with Crippen molar-refractivity contribution in [2.45, 2.75) is 32.6 Å². The average Bonchev–Trinajstić information content (AvgIpc) is 2.62. The molecule has 0 bridgehead atoms. The summed E-state index contributed by atoms with van der Waals surface area (Å²) in [6, 6.07) is 3.78. The monoisotopic (exact) mass is 499 g/mol. The second-order valence-corrected chi connectivity index (χ2v) is 7.40. The number of amides is 2. The minimum absolute atomic E-state index is 0.0210. The number of halogens is 1. The summed E-state index contributed by atoms with van der Waals surface area (Å²) in [6.45, 7) is 4.08. The third-order valence-electron chi connectivity index (χ3n) is 3.76. The molecule has 2 rings (SSSR count). The standard InChI is InChI=1S/C18H22IN5O4/c1-9(2)10-6-13(27-3)11(19)7-12(10)28-14-8-22-18(24-17(14)21)23-16(26)5-4-15(20)25/h6-9H,4-5H2,1-3H3,(H2,20,25)(H3,21,22,23,24,26). The predicted molar refractivity (Wildman–Crippen MR) is 113 cm³/mol. The first-order valence-electron chi connectivity index (χ1n) is 8.47. The van der Waals surface area contributed by atoms with E-state index in [0.29, 0.717) is 5.75 Å². The first-order chi connectivity index (χ1) is 13.2. The number of nitrogens with zero attached hydrogens (tertiary/aromatic N) is 2. The molecule has 0 saturated heterocycles. The van der Waals surface area contributed by atoms with E-state index in [0.717, 1.165) is 14.9 Å². The largest absolute Gasteiger partial charge is 0.496 e. The van der Waals surface area contributed by atoms with Crippen LogP contribution in [0, 0.1) is 3.57 Å². The van der Waals surface area contributed by atoms with Crippen LogP contribution in [0.2, 0.25) is 0 Å². The van der Waals surface area contributed by atoms with E-state index in [2.05, 4.69) is 37.9 Å². The van der Waals surface area contributed by atoms with Crippen LogP contribution in [0.4, 0.5) is 11.8 Å². The van der Waals surface area contributed by atoms with Gasteiger partial charge in [-0.25, -0.2) is 4.98 Å². The van der Waals surface area contributed by atoms with E-state index < -0.39 is 11.8 Å². The number of nitrogens with two attached hydrogens (primary N) is 2. The molecule has 0 spiro atoms. The summed E-state index contributed by atoms with van der Waals surface area (Å²) in [6.07, 6.45) is 1.27. The maximum absolute atomic E-state index is 11.7. The van der Waals surface area contributed by atoms with E-state index in [1.807, 2.05) is 26.0 Å².